The van der Waals surface area contributed by atoms with Gasteiger partial charge in [0.2, 0.25) is 0 Å². The summed E-state index contributed by atoms with van der Waals surface area (Å²) in [5, 5.41) is 11.6. The van der Waals surface area contributed by atoms with Crippen LogP contribution in [0.2, 0.25) is 0 Å². The quantitative estimate of drug-likeness (QED) is 0.780. The number of hydrogen-bond donors (Lipinski definition) is 2. The Morgan fingerprint density at radius 1 is 1.28 bits per heavy atom. The van der Waals surface area contributed by atoms with E-state index in [-0.39, 0.29) is 5.94 Å². The van der Waals surface area contributed by atoms with E-state index >= 15 is 0 Å². The van der Waals surface area contributed by atoms with E-state index in [2.05, 4.69) is 56.5 Å². The van der Waals surface area contributed by atoms with Crippen molar-refractivity contribution in [2.75, 3.05) is 5.94 Å². The zero-order chi connectivity index (χ0) is 13.1. The number of hydrogen-bond acceptors (Lipinski definition) is 1. The maximum absolute atomic E-state index is 9.44. The van der Waals surface area contributed by atoms with Crippen molar-refractivity contribution in [2.45, 2.75) is 33.1 Å². The first-order valence-corrected chi connectivity index (χ1v) is 8.16. The van der Waals surface area contributed by atoms with Gasteiger partial charge in [-0.1, -0.05) is 45.0 Å². The van der Waals surface area contributed by atoms with Crippen LogP contribution in [0.5, 0.6) is 0 Å². The number of aryl methyl sites for hydroxylation is 1. The lowest BCUT2D eigenvalue weighted by Crippen LogP contribution is -1.97. The molecule has 1 aromatic carbocycles. The van der Waals surface area contributed by atoms with Gasteiger partial charge in [-0.25, -0.2) is 0 Å². The number of aliphatic hydroxyl groups is 1. The van der Waals surface area contributed by atoms with Crippen LogP contribution in [-0.2, 0) is 6.42 Å². The third-order valence-corrected chi connectivity index (χ3v) is 5.28. The lowest BCUT2D eigenvalue weighted by molar-refractivity contribution is 0.375. The van der Waals surface area contributed by atoms with Crippen LogP contribution in [0.25, 0.3) is 4.91 Å². The second-order valence-electron chi connectivity index (χ2n) is 4.93. The van der Waals surface area contributed by atoms with Gasteiger partial charge in [0, 0.05) is 4.91 Å². The Labute approximate surface area is 113 Å². The summed E-state index contributed by atoms with van der Waals surface area (Å²) < 4.78 is 0. The minimum absolute atomic E-state index is 0.257. The molecule has 0 bridgehead atoms. The summed E-state index contributed by atoms with van der Waals surface area (Å²) in [5.41, 5.74) is 4.12. The summed E-state index contributed by atoms with van der Waals surface area (Å²) in [7, 11) is -0.493. The van der Waals surface area contributed by atoms with Crippen LogP contribution in [0, 0.1) is 0 Å². The average Bonchev–Trinajstić information content (AvgIpc) is 2.85. The van der Waals surface area contributed by atoms with Crippen molar-refractivity contribution in [3.8, 4) is 0 Å². The van der Waals surface area contributed by atoms with E-state index in [0.29, 0.717) is 5.92 Å². The summed E-state index contributed by atoms with van der Waals surface area (Å²) in [6.07, 6.45) is 5.28. The first-order valence-electron chi connectivity index (χ1n) is 6.56. The number of allylic oxidation sites excluding steroid dienone is 2. The summed E-state index contributed by atoms with van der Waals surface area (Å²) >= 11 is 0. The van der Waals surface area contributed by atoms with Crippen LogP contribution in [-0.4, -0.2) is 11.0 Å². The predicted octanol–water partition coefficient (Wildman–Crippen LogP) is 4.19. The predicted molar refractivity (Wildman–Crippen MR) is 83.1 cm³/mol. The number of thiol groups is 1. The summed E-state index contributed by atoms with van der Waals surface area (Å²) in [4.78, 5) is 1.32. The second-order valence-corrected chi connectivity index (χ2v) is 6.93. The zero-order valence-corrected chi connectivity index (χ0v) is 12.2. The third kappa shape index (κ3) is 2.55. The number of aliphatic hydroxyl groups excluding tert-OH is 1. The van der Waals surface area contributed by atoms with Gasteiger partial charge in [0.15, 0.2) is 0 Å². The van der Waals surface area contributed by atoms with Crippen molar-refractivity contribution in [1.29, 1.82) is 0 Å². The summed E-state index contributed by atoms with van der Waals surface area (Å²) in [6, 6.07) is 6.78. The molecule has 0 aromatic heterocycles. The van der Waals surface area contributed by atoms with Gasteiger partial charge in [-0.2, -0.15) is 10.9 Å². The van der Waals surface area contributed by atoms with E-state index in [1.165, 1.54) is 21.6 Å². The molecule has 18 heavy (non-hydrogen) atoms. The van der Waals surface area contributed by atoms with Crippen LogP contribution in [0.4, 0.5) is 0 Å². The molecule has 0 aliphatic carbocycles. The SMILES string of the molecule is CCc1cc(C(C)C)ccc1C1=CC=C[SH]1CO. The minimum Gasteiger partial charge on any atom is -0.387 e. The van der Waals surface area contributed by atoms with Crippen LogP contribution in [0.1, 0.15) is 43.4 Å². The van der Waals surface area contributed by atoms with Crippen molar-refractivity contribution in [1.82, 2.24) is 0 Å². The molecule has 1 N–H and O–H groups in total. The van der Waals surface area contributed by atoms with E-state index in [9.17, 15) is 5.11 Å². The fourth-order valence-corrected chi connectivity index (χ4v) is 3.80. The van der Waals surface area contributed by atoms with Gasteiger partial charge in [0.25, 0.3) is 0 Å². The van der Waals surface area contributed by atoms with E-state index in [1.54, 1.807) is 0 Å². The molecular formula is C16H22OS. The maximum atomic E-state index is 9.44. The topological polar surface area (TPSA) is 20.2 Å². The lowest BCUT2D eigenvalue weighted by atomic mass is 9.96. The molecular weight excluding hydrogens is 240 g/mol. The number of benzene rings is 1. The van der Waals surface area contributed by atoms with Crippen molar-refractivity contribution in [3.05, 3.63) is 52.4 Å². The van der Waals surface area contributed by atoms with Gasteiger partial charge < -0.3 is 5.11 Å². The normalized spacial score (nSPS) is 20.5. The second kappa shape index (κ2) is 5.77. The van der Waals surface area contributed by atoms with Crippen molar-refractivity contribution in [2.24, 2.45) is 0 Å². The smallest absolute Gasteiger partial charge is 0.0780 e. The monoisotopic (exact) mass is 262 g/mol. The van der Waals surface area contributed by atoms with Crippen LogP contribution in [0.3, 0.4) is 0 Å². The average molecular weight is 262 g/mol. The molecule has 0 saturated carbocycles. The molecule has 1 aliphatic heterocycles. The lowest BCUT2D eigenvalue weighted by Gasteiger charge is -2.19. The molecule has 0 spiro atoms. The van der Waals surface area contributed by atoms with E-state index in [4.69, 9.17) is 0 Å². The van der Waals surface area contributed by atoms with Crippen molar-refractivity contribution < 1.29 is 5.11 Å². The highest BCUT2D eigenvalue weighted by molar-refractivity contribution is 8.27. The molecule has 2 heteroatoms. The van der Waals surface area contributed by atoms with Crippen LogP contribution in [0.15, 0.2) is 35.8 Å². The maximum Gasteiger partial charge on any atom is 0.0780 e. The molecule has 1 aliphatic rings. The van der Waals surface area contributed by atoms with Gasteiger partial charge in [0.1, 0.15) is 0 Å². The highest BCUT2D eigenvalue weighted by Gasteiger charge is 2.15. The van der Waals surface area contributed by atoms with Gasteiger partial charge in [0.05, 0.1) is 5.94 Å². The largest absolute Gasteiger partial charge is 0.387 e. The molecule has 1 atom stereocenters. The standard InChI is InChI=1S/C16H22OS/c1-4-13-10-14(12(2)3)7-8-15(13)16-6-5-9-18(16)11-17/h5-10,12,17-18H,4,11H2,1-3H3. The molecule has 1 aromatic rings. The Bertz CT molecular complexity index is 486. The van der Waals surface area contributed by atoms with E-state index in [1.807, 2.05) is 0 Å². The Morgan fingerprint density at radius 2 is 2.06 bits per heavy atom. The Hall–Kier alpha value is -0.990. The Kier molecular flexibility index (Phi) is 4.31. The first kappa shape index (κ1) is 13.4. The molecule has 0 radical (unpaired) electrons. The molecule has 1 unspecified atom stereocenters. The molecule has 0 saturated heterocycles. The summed E-state index contributed by atoms with van der Waals surface area (Å²) in [6.45, 7) is 6.66. The van der Waals surface area contributed by atoms with Gasteiger partial charge >= 0.3 is 0 Å². The van der Waals surface area contributed by atoms with Crippen molar-refractivity contribution >= 4 is 15.8 Å². The van der Waals surface area contributed by atoms with Crippen LogP contribution < -0.4 is 0 Å². The van der Waals surface area contributed by atoms with Crippen molar-refractivity contribution in [3.63, 3.8) is 0 Å². The third-order valence-electron chi connectivity index (χ3n) is 3.43. The summed E-state index contributed by atoms with van der Waals surface area (Å²) in [5.74, 6) is 0.826. The molecule has 0 amide bonds. The van der Waals surface area contributed by atoms with Gasteiger partial charge in [-0.05, 0) is 40.5 Å². The fourth-order valence-electron chi connectivity index (χ4n) is 2.30. The Balaban J connectivity index is 2.40. The highest BCUT2D eigenvalue weighted by atomic mass is 32.2. The molecule has 1 nitrogen and oxygen atoms in total. The molecule has 1 heterocycles. The zero-order valence-electron chi connectivity index (χ0n) is 11.4. The fraction of sp³-hybridized carbons (Fsp3) is 0.375. The first-order chi connectivity index (χ1) is 8.67. The van der Waals surface area contributed by atoms with E-state index in [0.717, 1.165) is 6.42 Å². The number of rotatable bonds is 4. The highest BCUT2D eigenvalue weighted by Crippen LogP contribution is 2.47. The molecule has 0 fully saturated rings. The van der Waals surface area contributed by atoms with Gasteiger partial charge in [-0.15, -0.1) is 0 Å². The van der Waals surface area contributed by atoms with Crippen LogP contribution >= 0.6 is 10.9 Å². The van der Waals surface area contributed by atoms with E-state index < -0.39 is 10.9 Å². The van der Waals surface area contributed by atoms with Gasteiger partial charge in [-0.3, -0.25) is 0 Å². The minimum atomic E-state index is -0.493. The Morgan fingerprint density at radius 3 is 2.67 bits per heavy atom. The molecule has 98 valence electrons. The molecule has 2 rings (SSSR count).